The van der Waals surface area contributed by atoms with Crippen LogP contribution in [0.15, 0.2) is 0 Å². The number of unbranched alkanes of at least 4 members (excludes halogenated alkanes) is 13. The van der Waals surface area contributed by atoms with Gasteiger partial charge in [0.2, 0.25) is 0 Å². The molecule has 158 valence electrons. The molecule has 0 saturated heterocycles. The molecule has 0 aromatic heterocycles. The van der Waals surface area contributed by atoms with Gasteiger partial charge in [-0.15, -0.1) is 12.4 Å². The van der Waals surface area contributed by atoms with E-state index in [1.54, 1.807) is 0 Å². The van der Waals surface area contributed by atoms with Gasteiger partial charge < -0.3 is 4.90 Å². The third-order valence-corrected chi connectivity index (χ3v) is 6.19. The molecule has 0 heterocycles. The van der Waals surface area contributed by atoms with Gasteiger partial charge in [0.15, 0.2) is 0 Å². The summed E-state index contributed by atoms with van der Waals surface area (Å²) in [5.41, 5.74) is 0. The number of halogens is 1. The van der Waals surface area contributed by atoms with Gasteiger partial charge in [-0.1, -0.05) is 122 Å². The topological polar surface area (TPSA) is 3.24 Å². The van der Waals surface area contributed by atoms with Gasteiger partial charge in [0.1, 0.15) is 0 Å². The van der Waals surface area contributed by atoms with Crippen molar-refractivity contribution in [2.75, 3.05) is 20.6 Å². The summed E-state index contributed by atoms with van der Waals surface area (Å²) in [6.45, 7) is 1.26. The van der Waals surface area contributed by atoms with Crippen molar-refractivity contribution in [1.29, 1.82) is 0 Å². The molecule has 1 aliphatic rings. The monoisotopic (exact) mass is 387 g/mol. The van der Waals surface area contributed by atoms with E-state index in [1.165, 1.54) is 135 Å². The second kappa shape index (κ2) is 20.0. The Balaban J connectivity index is 0.00000625. The highest BCUT2D eigenvalue weighted by Crippen LogP contribution is 2.28. The van der Waals surface area contributed by atoms with Crippen LogP contribution < -0.4 is 0 Å². The molecule has 0 N–H and O–H groups in total. The Morgan fingerprint density at radius 2 is 0.923 bits per heavy atom. The highest BCUT2D eigenvalue weighted by atomic mass is 35.5. The Labute approximate surface area is 172 Å². The van der Waals surface area contributed by atoms with Gasteiger partial charge in [-0.25, -0.2) is 0 Å². The number of hydrogen-bond acceptors (Lipinski definition) is 1. The molecule has 0 aromatic rings. The van der Waals surface area contributed by atoms with E-state index in [4.69, 9.17) is 0 Å². The first kappa shape index (κ1) is 26.2. The highest BCUT2D eigenvalue weighted by Gasteiger charge is 2.12. The minimum absolute atomic E-state index is 0. The van der Waals surface area contributed by atoms with Crippen molar-refractivity contribution < 1.29 is 0 Å². The van der Waals surface area contributed by atoms with Gasteiger partial charge in [0.25, 0.3) is 0 Å². The summed E-state index contributed by atoms with van der Waals surface area (Å²) < 4.78 is 0. The highest BCUT2D eigenvalue weighted by molar-refractivity contribution is 5.85. The van der Waals surface area contributed by atoms with Gasteiger partial charge in [-0.2, -0.15) is 0 Å². The summed E-state index contributed by atoms with van der Waals surface area (Å²) in [5.74, 6) is 1.10. The number of nitrogens with zero attached hydrogens (tertiary/aromatic N) is 1. The Morgan fingerprint density at radius 1 is 0.538 bits per heavy atom. The van der Waals surface area contributed by atoms with Crippen LogP contribution in [0, 0.1) is 5.92 Å². The van der Waals surface area contributed by atoms with E-state index in [0.717, 1.165) is 5.92 Å². The van der Waals surface area contributed by atoms with Crippen LogP contribution in [0.2, 0.25) is 0 Å². The molecule has 1 nitrogen and oxygen atoms in total. The van der Waals surface area contributed by atoms with E-state index in [0.29, 0.717) is 0 Å². The van der Waals surface area contributed by atoms with Crippen LogP contribution in [-0.4, -0.2) is 25.5 Å². The second-order valence-electron chi connectivity index (χ2n) is 9.05. The van der Waals surface area contributed by atoms with E-state index in [2.05, 4.69) is 19.0 Å². The first-order valence-electron chi connectivity index (χ1n) is 11.9. The molecule has 1 fully saturated rings. The summed E-state index contributed by atoms with van der Waals surface area (Å²) in [6.07, 6.45) is 29.8. The van der Waals surface area contributed by atoms with Crippen molar-refractivity contribution in [2.24, 2.45) is 5.92 Å². The minimum Gasteiger partial charge on any atom is -0.309 e. The van der Waals surface area contributed by atoms with Gasteiger partial charge >= 0.3 is 0 Å². The lowest BCUT2D eigenvalue weighted by Gasteiger charge is -2.21. The molecule has 0 radical (unpaired) electrons. The maximum Gasteiger partial charge on any atom is -0.00248 e. The Morgan fingerprint density at radius 3 is 1.35 bits per heavy atom. The third-order valence-electron chi connectivity index (χ3n) is 6.19. The molecule has 0 spiro atoms. The molecular weight excluding hydrogens is 338 g/mol. The maximum absolute atomic E-state index is 2.30. The van der Waals surface area contributed by atoms with Gasteiger partial charge in [0, 0.05) is 0 Å². The van der Waals surface area contributed by atoms with Crippen LogP contribution in [0.3, 0.4) is 0 Å². The molecule has 0 aromatic carbocycles. The molecule has 1 rings (SSSR count). The van der Waals surface area contributed by atoms with E-state index >= 15 is 0 Å². The van der Waals surface area contributed by atoms with Crippen molar-refractivity contribution in [3.8, 4) is 0 Å². The maximum atomic E-state index is 2.30. The molecular formula is C24H50ClN. The van der Waals surface area contributed by atoms with Gasteiger partial charge in [-0.3, -0.25) is 0 Å². The van der Waals surface area contributed by atoms with Gasteiger partial charge in [-0.05, 0) is 33.0 Å². The smallest absolute Gasteiger partial charge is 0.00248 e. The molecule has 0 amide bonds. The molecule has 0 unspecified atom stereocenters. The first-order valence-corrected chi connectivity index (χ1v) is 11.9. The largest absolute Gasteiger partial charge is 0.309 e. The van der Waals surface area contributed by atoms with E-state index in [9.17, 15) is 0 Å². The van der Waals surface area contributed by atoms with Crippen LogP contribution in [0.1, 0.15) is 128 Å². The summed E-state index contributed by atoms with van der Waals surface area (Å²) in [5, 5.41) is 0. The van der Waals surface area contributed by atoms with E-state index in [1.807, 2.05) is 0 Å². The fourth-order valence-corrected chi connectivity index (χ4v) is 4.46. The predicted octanol–water partition coefficient (Wildman–Crippen LogP) is 8.40. The number of hydrogen-bond donors (Lipinski definition) is 0. The summed E-state index contributed by atoms with van der Waals surface area (Å²) >= 11 is 0. The third kappa shape index (κ3) is 17.7. The normalized spacial score (nSPS) is 15.3. The van der Waals surface area contributed by atoms with Gasteiger partial charge in [0.05, 0.1) is 0 Å². The van der Waals surface area contributed by atoms with Crippen LogP contribution in [0.25, 0.3) is 0 Å². The van der Waals surface area contributed by atoms with E-state index < -0.39 is 0 Å². The fraction of sp³-hybridized carbons (Fsp3) is 1.00. The lowest BCUT2D eigenvalue weighted by Crippen LogP contribution is -2.12. The summed E-state index contributed by atoms with van der Waals surface area (Å²) in [7, 11) is 4.36. The summed E-state index contributed by atoms with van der Waals surface area (Å²) in [6, 6.07) is 0. The van der Waals surface area contributed by atoms with Crippen molar-refractivity contribution in [2.45, 2.75) is 128 Å². The first-order chi connectivity index (χ1) is 12.3. The second-order valence-corrected chi connectivity index (χ2v) is 9.05. The predicted molar refractivity (Wildman–Crippen MR) is 122 cm³/mol. The van der Waals surface area contributed by atoms with Crippen LogP contribution in [-0.2, 0) is 0 Å². The Kier molecular flexibility index (Phi) is 20.2. The van der Waals surface area contributed by atoms with Crippen molar-refractivity contribution in [3.63, 3.8) is 0 Å². The zero-order valence-corrected chi connectivity index (χ0v) is 19.1. The molecule has 1 aliphatic carbocycles. The lowest BCUT2D eigenvalue weighted by atomic mass is 9.85. The SMILES string of the molecule is CN(C)CCCCCCCCCCCCCCCCC1CCCCC1.Cl. The van der Waals surface area contributed by atoms with Crippen molar-refractivity contribution in [1.82, 2.24) is 4.90 Å². The molecule has 0 atom stereocenters. The zero-order valence-electron chi connectivity index (χ0n) is 18.3. The minimum atomic E-state index is 0. The van der Waals surface area contributed by atoms with Crippen LogP contribution in [0.5, 0.6) is 0 Å². The molecule has 26 heavy (non-hydrogen) atoms. The fourth-order valence-electron chi connectivity index (χ4n) is 4.46. The Hall–Kier alpha value is 0.250. The van der Waals surface area contributed by atoms with E-state index in [-0.39, 0.29) is 12.4 Å². The average Bonchev–Trinajstić information content (AvgIpc) is 2.62. The quantitative estimate of drug-likeness (QED) is 0.226. The van der Waals surface area contributed by atoms with Crippen LogP contribution in [0.4, 0.5) is 0 Å². The zero-order chi connectivity index (χ0) is 18.0. The molecule has 0 aliphatic heterocycles. The summed E-state index contributed by atoms with van der Waals surface area (Å²) in [4.78, 5) is 2.30. The van der Waals surface area contributed by atoms with Crippen molar-refractivity contribution >= 4 is 12.4 Å². The molecule has 0 bridgehead atoms. The molecule has 2 heteroatoms. The molecule has 1 saturated carbocycles. The standard InChI is InChI=1S/C24H49N.ClH/c1-25(2)23-19-14-12-10-8-6-4-3-5-7-9-11-13-16-20-24-21-17-15-18-22-24;/h24H,3-23H2,1-2H3;1H. The lowest BCUT2D eigenvalue weighted by molar-refractivity contribution is 0.328. The average molecular weight is 388 g/mol. The number of rotatable bonds is 17. The van der Waals surface area contributed by atoms with Crippen LogP contribution >= 0.6 is 12.4 Å². The Bertz CT molecular complexity index is 261. The van der Waals surface area contributed by atoms with Crippen molar-refractivity contribution in [3.05, 3.63) is 0 Å².